The van der Waals surface area contributed by atoms with Gasteiger partial charge in [0.2, 0.25) is 0 Å². The average Bonchev–Trinajstić information content (AvgIpc) is 2.34. The van der Waals surface area contributed by atoms with Gasteiger partial charge in [-0.3, -0.25) is 0 Å². The molecule has 1 atom stereocenters. The highest BCUT2D eigenvalue weighted by molar-refractivity contribution is 7.98. The van der Waals surface area contributed by atoms with Gasteiger partial charge in [0.1, 0.15) is 0 Å². The minimum Gasteiger partial charge on any atom is -0.399 e. The monoisotopic (exact) mass is 252 g/mol. The standard InChI is InChI=1S/C14H24N2S/c1-12(9-11-17-3)16(2)10-8-13-4-6-14(15)7-5-13/h4-7,12H,8-11,15H2,1-3H3. The molecule has 3 heteroatoms. The molecule has 1 unspecified atom stereocenters. The van der Waals surface area contributed by atoms with E-state index in [9.17, 15) is 0 Å². The van der Waals surface area contributed by atoms with Crippen molar-refractivity contribution in [1.29, 1.82) is 0 Å². The molecule has 0 aliphatic heterocycles. The largest absolute Gasteiger partial charge is 0.399 e. The summed E-state index contributed by atoms with van der Waals surface area (Å²) in [4.78, 5) is 2.44. The van der Waals surface area contributed by atoms with Gasteiger partial charge in [0, 0.05) is 18.3 Å². The van der Waals surface area contributed by atoms with Gasteiger partial charge >= 0.3 is 0 Å². The summed E-state index contributed by atoms with van der Waals surface area (Å²) < 4.78 is 0. The maximum atomic E-state index is 5.67. The minimum absolute atomic E-state index is 0.663. The summed E-state index contributed by atoms with van der Waals surface area (Å²) in [6, 6.07) is 8.86. The highest BCUT2D eigenvalue weighted by Crippen LogP contribution is 2.09. The van der Waals surface area contributed by atoms with E-state index in [0.717, 1.165) is 18.7 Å². The van der Waals surface area contributed by atoms with Crippen molar-refractivity contribution in [1.82, 2.24) is 4.90 Å². The van der Waals surface area contributed by atoms with Crippen LogP contribution in [0.1, 0.15) is 18.9 Å². The Morgan fingerprint density at radius 1 is 1.29 bits per heavy atom. The van der Waals surface area contributed by atoms with Gasteiger partial charge in [0.15, 0.2) is 0 Å². The fourth-order valence-electron chi connectivity index (χ4n) is 1.72. The van der Waals surface area contributed by atoms with Crippen LogP contribution in [0.25, 0.3) is 0 Å². The zero-order chi connectivity index (χ0) is 12.7. The molecule has 0 aromatic heterocycles. The van der Waals surface area contributed by atoms with E-state index in [-0.39, 0.29) is 0 Å². The number of rotatable bonds is 7. The molecule has 0 radical (unpaired) electrons. The Hall–Kier alpha value is -0.670. The number of hydrogen-bond donors (Lipinski definition) is 1. The molecule has 1 aromatic rings. The van der Waals surface area contributed by atoms with Crippen molar-refractivity contribution in [3.05, 3.63) is 29.8 Å². The molecule has 2 nitrogen and oxygen atoms in total. The molecule has 1 aromatic carbocycles. The van der Waals surface area contributed by atoms with Crippen LogP contribution in [0.2, 0.25) is 0 Å². The SMILES string of the molecule is CSCCC(C)N(C)CCc1ccc(N)cc1. The predicted octanol–water partition coefficient (Wildman–Crippen LogP) is 2.88. The van der Waals surface area contributed by atoms with Gasteiger partial charge in [-0.2, -0.15) is 11.8 Å². The molecular formula is C14H24N2S. The normalized spacial score (nSPS) is 12.9. The highest BCUT2D eigenvalue weighted by atomic mass is 32.2. The molecule has 0 aliphatic rings. The van der Waals surface area contributed by atoms with E-state index in [0.29, 0.717) is 6.04 Å². The van der Waals surface area contributed by atoms with Crippen LogP contribution in [0.4, 0.5) is 5.69 Å². The Labute approximate surface area is 110 Å². The summed E-state index contributed by atoms with van der Waals surface area (Å²) in [6.07, 6.45) is 4.53. The van der Waals surface area contributed by atoms with Gasteiger partial charge in [-0.15, -0.1) is 0 Å². The lowest BCUT2D eigenvalue weighted by atomic mass is 10.1. The van der Waals surface area contributed by atoms with Crippen molar-refractivity contribution in [2.45, 2.75) is 25.8 Å². The van der Waals surface area contributed by atoms with E-state index in [1.165, 1.54) is 17.7 Å². The third-order valence-corrected chi connectivity index (χ3v) is 3.87. The third kappa shape index (κ3) is 5.46. The molecule has 96 valence electrons. The van der Waals surface area contributed by atoms with Gasteiger partial charge in [-0.05, 0) is 56.5 Å². The first-order valence-corrected chi connectivity index (χ1v) is 7.56. The molecule has 0 saturated heterocycles. The van der Waals surface area contributed by atoms with Crippen molar-refractivity contribution >= 4 is 17.4 Å². The maximum absolute atomic E-state index is 5.67. The van der Waals surface area contributed by atoms with Crippen LogP contribution in [0.15, 0.2) is 24.3 Å². The van der Waals surface area contributed by atoms with Gasteiger partial charge in [0.25, 0.3) is 0 Å². The lowest BCUT2D eigenvalue weighted by Gasteiger charge is -2.24. The van der Waals surface area contributed by atoms with Crippen LogP contribution in [0.3, 0.4) is 0 Å². The lowest BCUT2D eigenvalue weighted by Crippen LogP contribution is -2.31. The fraction of sp³-hybridized carbons (Fsp3) is 0.571. The molecule has 0 bridgehead atoms. The Morgan fingerprint density at radius 2 is 1.94 bits per heavy atom. The van der Waals surface area contributed by atoms with Crippen LogP contribution in [-0.4, -0.2) is 36.5 Å². The summed E-state index contributed by atoms with van der Waals surface area (Å²) in [6.45, 7) is 3.42. The zero-order valence-corrected chi connectivity index (χ0v) is 12.0. The molecule has 0 aliphatic carbocycles. The third-order valence-electron chi connectivity index (χ3n) is 3.23. The average molecular weight is 252 g/mol. The number of hydrogen-bond acceptors (Lipinski definition) is 3. The second-order valence-electron chi connectivity index (χ2n) is 4.60. The number of nitrogens with zero attached hydrogens (tertiary/aromatic N) is 1. The number of likely N-dealkylation sites (N-methyl/N-ethyl adjacent to an activating group) is 1. The summed E-state index contributed by atoms with van der Waals surface area (Å²) in [5, 5.41) is 0. The van der Waals surface area contributed by atoms with Gasteiger partial charge in [-0.25, -0.2) is 0 Å². The second kappa shape index (κ2) is 7.62. The first-order chi connectivity index (χ1) is 8.13. The quantitative estimate of drug-likeness (QED) is 0.757. The second-order valence-corrected chi connectivity index (χ2v) is 5.59. The smallest absolute Gasteiger partial charge is 0.0314 e. The number of nitrogen functional groups attached to an aromatic ring is 1. The Kier molecular flexibility index (Phi) is 6.45. The minimum atomic E-state index is 0.663. The van der Waals surface area contributed by atoms with Crippen molar-refractivity contribution in [3.63, 3.8) is 0 Å². The lowest BCUT2D eigenvalue weighted by molar-refractivity contribution is 0.256. The fourth-order valence-corrected chi connectivity index (χ4v) is 2.30. The summed E-state index contributed by atoms with van der Waals surface area (Å²) in [5.74, 6) is 1.24. The first-order valence-electron chi connectivity index (χ1n) is 6.17. The topological polar surface area (TPSA) is 29.3 Å². The van der Waals surface area contributed by atoms with Crippen LogP contribution < -0.4 is 5.73 Å². The molecule has 0 heterocycles. The van der Waals surface area contributed by atoms with Crippen LogP contribution in [0, 0.1) is 0 Å². The van der Waals surface area contributed by atoms with Crippen molar-refractivity contribution in [2.75, 3.05) is 31.3 Å². The van der Waals surface area contributed by atoms with E-state index >= 15 is 0 Å². The van der Waals surface area contributed by atoms with Gasteiger partial charge < -0.3 is 10.6 Å². The van der Waals surface area contributed by atoms with Crippen molar-refractivity contribution < 1.29 is 0 Å². The number of benzene rings is 1. The van der Waals surface area contributed by atoms with Crippen molar-refractivity contribution in [3.8, 4) is 0 Å². The molecule has 1 rings (SSSR count). The summed E-state index contributed by atoms with van der Waals surface area (Å²) >= 11 is 1.92. The van der Waals surface area contributed by atoms with Crippen LogP contribution >= 0.6 is 11.8 Å². The van der Waals surface area contributed by atoms with Gasteiger partial charge in [0.05, 0.1) is 0 Å². The Balaban J connectivity index is 2.32. The van der Waals surface area contributed by atoms with E-state index in [2.05, 4.69) is 37.3 Å². The maximum Gasteiger partial charge on any atom is 0.0314 e. The van der Waals surface area contributed by atoms with E-state index in [1.54, 1.807) is 0 Å². The molecule has 0 amide bonds. The van der Waals surface area contributed by atoms with Crippen molar-refractivity contribution in [2.24, 2.45) is 0 Å². The van der Waals surface area contributed by atoms with E-state index < -0.39 is 0 Å². The predicted molar refractivity (Wildman–Crippen MR) is 79.6 cm³/mol. The Morgan fingerprint density at radius 3 is 2.53 bits per heavy atom. The molecule has 2 N–H and O–H groups in total. The zero-order valence-electron chi connectivity index (χ0n) is 11.1. The molecule has 0 fully saturated rings. The summed E-state index contributed by atoms with van der Waals surface area (Å²) in [5.41, 5.74) is 7.88. The molecule has 17 heavy (non-hydrogen) atoms. The number of nitrogens with two attached hydrogens (primary N) is 1. The number of thioether (sulfide) groups is 1. The van der Waals surface area contributed by atoms with Crippen LogP contribution in [0.5, 0.6) is 0 Å². The van der Waals surface area contributed by atoms with Gasteiger partial charge in [-0.1, -0.05) is 12.1 Å². The van der Waals surface area contributed by atoms with E-state index in [1.807, 2.05) is 23.9 Å². The molecule has 0 spiro atoms. The molecular weight excluding hydrogens is 228 g/mol. The summed E-state index contributed by atoms with van der Waals surface area (Å²) in [7, 11) is 2.21. The number of anilines is 1. The Bertz CT molecular complexity index is 311. The first kappa shape index (κ1) is 14.4. The van der Waals surface area contributed by atoms with Crippen LogP contribution in [-0.2, 0) is 6.42 Å². The molecule has 0 saturated carbocycles. The highest BCUT2D eigenvalue weighted by Gasteiger charge is 2.08. The van der Waals surface area contributed by atoms with E-state index in [4.69, 9.17) is 5.73 Å².